The van der Waals surface area contributed by atoms with Crippen molar-refractivity contribution >= 4 is 23.2 Å². The second-order valence-corrected chi connectivity index (χ2v) is 4.96. The summed E-state index contributed by atoms with van der Waals surface area (Å²) >= 11 is 0. The summed E-state index contributed by atoms with van der Waals surface area (Å²) in [5, 5.41) is 8.50. The van der Waals surface area contributed by atoms with Crippen LogP contribution in [0.3, 0.4) is 0 Å². The minimum atomic E-state index is -0.315. The topological polar surface area (TPSA) is 83.4 Å². The van der Waals surface area contributed by atoms with Gasteiger partial charge in [0.05, 0.1) is 6.26 Å². The summed E-state index contributed by atoms with van der Waals surface area (Å²) in [7, 11) is 1.81. The Hall–Kier alpha value is -2.60. The van der Waals surface area contributed by atoms with E-state index in [9.17, 15) is 9.59 Å². The first-order valence-electron chi connectivity index (χ1n) is 7.00. The van der Waals surface area contributed by atoms with Gasteiger partial charge < -0.3 is 20.4 Å². The number of anilines is 2. The third kappa shape index (κ3) is 4.20. The average molecular weight is 301 g/mol. The summed E-state index contributed by atoms with van der Waals surface area (Å²) in [5.41, 5.74) is 1.31. The van der Waals surface area contributed by atoms with E-state index in [0.717, 1.165) is 0 Å². The third-order valence-electron chi connectivity index (χ3n) is 3.11. The van der Waals surface area contributed by atoms with E-state index in [0.29, 0.717) is 17.9 Å². The van der Waals surface area contributed by atoms with E-state index in [2.05, 4.69) is 16.0 Å². The molecule has 0 bridgehead atoms. The average Bonchev–Trinajstić information content (AvgIpc) is 3.04. The fourth-order valence-electron chi connectivity index (χ4n) is 1.90. The third-order valence-corrected chi connectivity index (χ3v) is 3.11. The van der Waals surface area contributed by atoms with Crippen molar-refractivity contribution in [3.05, 3.63) is 48.4 Å². The summed E-state index contributed by atoms with van der Waals surface area (Å²) in [5.74, 6) is -0.243. The highest BCUT2D eigenvalue weighted by molar-refractivity contribution is 6.02. The minimum absolute atomic E-state index is 0.0540. The number of carbonyl (C=O) groups excluding carboxylic acids is 2. The molecule has 1 aromatic heterocycles. The normalized spacial score (nSPS) is 11.7. The molecule has 0 saturated carbocycles. The first kappa shape index (κ1) is 15.8. The maximum Gasteiger partial charge on any atom is 0.291 e. The van der Waals surface area contributed by atoms with Crippen molar-refractivity contribution in [3.8, 4) is 0 Å². The fraction of sp³-hybridized carbons (Fsp3) is 0.250. The highest BCUT2D eigenvalue weighted by Crippen LogP contribution is 2.15. The van der Waals surface area contributed by atoms with Crippen LogP contribution in [0.4, 0.5) is 11.4 Å². The van der Waals surface area contributed by atoms with Crippen LogP contribution in [-0.4, -0.2) is 25.4 Å². The van der Waals surface area contributed by atoms with E-state index in [-0.39, 0.29) is 23.5 Å². The largest absolute Gasteiger partial charge is 0.459 e. The van der Waals surface area contributed by atoms with Gasteiger partial charge in [-0.3, -0.25) is 9.59 Å². The molecular formula is C16H19N3O3. The van der Waals surface area contributed by atoms with Crippen molar-refractivity contribution in [2.24, 2.45) is 5.92 Å². The highest BCUT2D eigenvalue weighted by atomic mass is 16.3. The molecule has 1 atom stereocenters. The molecule has 1 unspecified atom stereocenters. The van der Waals surface area contributed by atoms with Crippen molar-refractivity contribution in [3.63, 3.8) is 0 Å². The minimum Gasteiger partial charge on any atom is -0.459 e. The molecule has 0 aliphatic heterocycles. The standard InChI is InChI=1S/C16H19N3O3/c1-11(10-17-2)15(20)18-12-5-7-13(8-6-12)19-16(21)14-4-3-9-22-14/h3-9,11,17H,10H2,1-2H3,(H,18,20)(H,19,21). The van der Waals surface area contributed by atoms with E-state index >= 15 is 0 Å². The number of hydrogen-bond donors (Lipinski definition) is 3. The molecule has 1 heterocycles. The predicted molar refractivity (Wildman–Crippen MR) is 84.8 cm³/mol. The maximum atomic E-state index is 11.9. The Labute approximate surface area is 128 Å². The van der Waals surface area contributed by atoms with E-state index in [4.69, 9.17) is 4.42 Å². The number of nitrogens with one attached hydrogen (secondary N) is 3. The molecule has 116 valence electrons. The first-order valence-corrected chi connectivity index (χ1v) is 7.00. The molecule has 0 aliphatic carbocycles. The molecule has 6 nitrogen and oxygen atoms in total. The number of furan rings is 1. The lowest BCUT2D eigenvalue weighted by molar-refractivity contribution is -0.119. The van der Waals surface area contributed by atoms with Gasteiger partial charge in [-0.25, -0.2) is 0 Å². The summed E-state index contributed by atoms with van der Waals surface area (Å²) < 4.78 is 5.02. The summed E-state index contributed by atoms with van der Waals surface area (Å²) in [6.45, 7) is 2.47. The molecule has 0 spiro atoms. The lowest BCUT2D eigenvalue weighted by Crippen LogP contribution is -2.28. The molecule has 2 rings (SSSR count). The number of hydrogen-bond acceptors (Lipinski definition) is 4. The molecule has 6 heteroatoms. The van der Waals surface area contributed by atoms with Gasteiger partial charge in [-0.1, -0.05) is 6.92 Å². The SMILES string of the molecule is CNCC(C)C(=O)Nc1ccc(NC(=O)c2ccco2)cc1. The van der Waals surface area contributed by atoms with Gasteiger partial charge in [0.25, 0.3) is 5.91 Å². The van der Waals surface area contributed by atoms with Crippen LogP contribution in [0.5, 0.6) is 0 Å². The smallest absolute Gasteiger partial charge is 0.291 e. The van der Waals surface area contributed by atoms with Crippen molar-refractivity contribution in [1.29, 1.82) is 0 Å². The molecule has 22 heavy (non-hydrogen) atoms. The van der Waals surface area contributed by atoms with Crippen molar-refractivity contribution in [1.82, 2.24) is 5.32 Å². The van der Waals surface area contributed by atoms with Crippen LogP contribution in [0.15, 0.2) is 47.1 Å². The van der Waals surface area contributed by atoms with Gasteiger partial charge >= 0.3 is 0 Å². The van der Waals surface area contributed by atoms with Crippen LogP contribution in [0.2, 0.25) is 0 Å². The lowest BCUT2D eigenvalue weighted by atomic mass is 10.1. The molecule has 0 radical (unpaired) electrons. The summed E-state index contributed by atoms with van der Waals surface area (Å²) in [6.07, 6.45) is 1.44. The second-order valence-electron chi connectivity index (χ2n) is 4.96. The fourth-order valence-corrected chi connectivity index (χ4v) is 1.90. The van der Waals surface area contributed by atoms with E-state index in [1.165, 1.54) is 6.26 Å². The zero-order chi connectivity index (χ0) is 15.9. The van der Waals surface area contributed by atoms with Crippen molar-refractivity contribution in [2.75, 3.05) is 24.2 Å². The van der Waals surface area contributed by atoms with Crippen LogP contribution >= 0.6 is 0 Å². The first-order chi connectivity index (χ1) is 10.6. The molecule has 2 aromatic rings. The van der Waals surface area contributed by atoms with Crippen molar-refractivity contribution < 1.29 is 14.0 Å². The number of rotatable bonds is 6. The molecule has 3 N–H and O–H groups in total. The Bertz CT molecular complexity index is 621. The van der Waals surface area contributed by atoms with Crippen LogP contribution in [0, 0.1) is 5.92 Å². The van der Waals surface area contributed by atoms with Crippen molar-refractivity contribution in [2.45, 2.75) is 6.92 Å². The Balaban J connectivity index is 1.93. The second kappa shape index (κ2) is 7.42. The van der Waals surface area contributed by atoms with Crippen LogP contribution in [-0.2, 0) is 4.79 Å². The Morgan fingerprint density at radius 3 is 2.27 bits per heavy atom. The van der Waals surface area contributed by atoms with Gasteiger partial charge in [-0.05, 0) is 43.4 Å². The van der Waals surface area contributed by atoms with Gasteiger partial charge in [0, 0.05) is 23.8 Å². The van der Waals surface area contributed by atoms with E-state index in [1.807, 2.05) is 6.92 Å². The van der Waals surface area contributed by atoms with Gasteiger partial charge in [0.1, 0.15) is 0 Å². The van der Waals surface area contributed by atoms with Crippen LogP contribution in [0.1, 0.15) is 17.5 Å². The molecule has 1 aromatic carbocycles. The molecule has 0 fully saturated rings. The molecular weight excluding hydrogens is 282 g/mol. The number of benzene rings is 1. The summed E-state index contributed by atoms with van der Waals surface area (Å²) in [4.78, 5) is 23.7. The van der Waals surface area contributed by atoms with Gasteiger partial charge in [-0.2, -0.15) is 0 Å². The van der Waals surface area contributed by atoms with Gasteiger partial charge in [-0.15, -0.1) is 0 Å². The maximum absolute atomic E-state index is 11.9. The molecule has 0 aliphatic rings. The predicted octanol–water partition coefficient (Wildman–Crippen LogP) is 2.33. The van der Waals surface area contributed by atoms with E-state index in [1.54, 1.807) is 43.4 Å². The monoisotopic (exact) mass is 301 g/mol. The zero-order valence-electron chi connectivity index (χ0n) is 12.6. The molecule has 0 saturated heterocycles. The van der Waals surface area contributed by atoms with Gasteiger partial charge in [0.15, 0.2) is 5.76 Å². The van der Waals surface area contributed by atoms with E-state index < -0.39 is 0 Å². The summed E-state index contributed by atoms with van der Waals surface area (Å²) in [6, 6.07) is 10.2. The van der Waals surface area contributed by atoms with Crippen LogP contribution in [0.25, 0.3) is 0 Å². The Morgan fingerprint density at radius 1 is 1.09 bits per heavy atom. The van der Waals surface area contributed by atoms with Crippen LogP contribution < -0.4 is 16.0 Å². The quantitative estimate of drug-likeness (QED) is 0.764. The Kier molecular flexibility index (Phi) is 5.32. The number of amides is 2. The highest BCUT2D eigenvalue weighted by Gasteiger charge is 2.12. The lowest BCUT2D eigenvalue weighted by Gasteiger charge is -2.12. The Morgan fingerprint density at radius 2 is 1.73 bits per heavy atom. The number of carbonyl (C=O) groups is 2. The zero-order valence-corrected chi connectivity index (χ0v) is 12.6. The molecule has 2 amide bonds. The van der Waals surface area contributed by atoms with Gasteiger partial charge in [0.2, 0.25) is 5.91 Å².